The molecule has 1 aromatic rings. The van der Waals surface area contributed by atoms with Crippen molar-refractivity contribution in [1.82, 2.24) is 0 Å². The Morgan fingerprint density at radius 2 is 1.57 bits per heavy atom. The summed E-state index contributed by atoms with van der Waals surface area (Å²) >= 11 is 0. The summed E-state index contributed by atoms with van der Waals surface area (Å²) in [5.74, 6) is -0.284. The summed E-state index contributed by atoms with van der Waals surface area (Å²) in [7, 11) is -3.18. The molecule has 1 aliphatic heterocycles. The van der Waals surface area contributed by atoms with E-state index in [-0.39, 0.29) is 5.75 Å². The van der Waals surface area contributed by atoms with Gasteiger partial charge in [0.2, 0.25) is 0 Å². The van der Waals surface area contributed by atoms with Gasteiger partial charge in [-0.2, -0.15) is 0 Å². The molecule has 0 radical (unpaired) electrons. The molecule has 5 heteroatoms. The molecule has 0 amide bonds. The van der Waals surface area contributed by atoms with Crippen molar-refractivity contribution in [2.24, 2.45) is 0 Å². The van der Waals surface area contributed by atoms with Gasteiger partial charge in [-0.1, -0.05) is 38.0 Å². The minimum atomic E-state index is -3.18. The Kier molecular flexibility index (Phi) is 7.06. The van der Waals surface area contributed by atoms with Crippen molar-refractivity contribution in [3.05, 3.63) is 30.3 Å². The molecular weight excluding hydrogens is 312 g/mol. The molecular formula is C18H28O4S. The van der Waals surface area contributed by atoms with Gasteiger partial charge >= 0.3 is 0 Å². The Morgan fingerprint density at radius 1 is 0.957 bits per heavy atom. The van der Waals surface area contributed by atoms with Crippen LogP contribution in [0, 0.1) is 0 Å². The van der Waals surface area contributed by atoms with Crippen LogP contribution in [0.1, 0.15) is 51.9 Å². The average Bonchev–Trinajstić information content (AvgIpc) is 3.02. The van der Waals surface area contributed by atoms with Gasteiger partial charge in [-0.05, 0) is 31.4 Å². The standard InChI is InChI=1S/C18H28O4S/c1-2-3-7-12-18(21-14-15-22-18)13-8-9-16-23(19,20)17-10-5-4-6-11-17/h4-6,10-11H,2-3,7-9,12-16H2,1H3. The number of unbranched alkanes of at least 4 members (excludes halogenated alkanes) is 3. The predicted octanol–water partition coefficient (Wildman–Crippen LogP) is 3.95. The first-order chi connectivity index (χ1) is 11.1. The molecule has 0 aliphatic carbocycles. The van der Waals surface area contributed by atoms with Gasteiger partial charge in [0.15, 0.2) is 15.6 Å². The molecule has 0 unspecified atom stereocenters. The van der Waals surface area contributed by atoms with Crippen LogP contribution in [0.15, 0.2) is 35.2 Å². The van der Waals surface area contributed by atoms with Crippen molar-refractivity contribution < 1.29 is 17.9 Å². The van der Waals surface area contributed by atoms with E-state index >= 15 is 0 Å². The fourth-order valence-electron chi connectivity index (χ4n) is 2.99. The van der Waals surface area contributed by atoms with Gasteiger partial charge in [-0.25, -0.2) is 8.42 Å². The van der Waals surface area contributed by atoms with Crippen molar-refractivity contribution >= 4 is 9.84 Å². The number of ether oxygens (including phenoxy) is 2. The van der Waals surface area contributed by atoms with E-state index in [2.05, 4.69) is 6.92 Å². The van der Waals surface area contributed by atoms with Gasteiger partial charge in [0.25, 0.3) is 0 Å². The number of hydrogen-bond acceptors (Lipinski definition) is 4. The van der Waals surface area contributed by atoms with Crippen LogP contribution in [-0.4, -0.2) is 33.2 Å². The van der Waals surface area contributed by atoms with Crippen molar-refractivity contribution in [3.63, 3.8) is 0 Å². The second-order valence-corrected chi connectivity index (χ2v) is 8.26. The lowest BCUT2D eigenvalue weighted by Crippen LogP contribution is -2.30. The van der Waals surface area contributed by atoms with E-state index < -0.39 is 15.6 Å². The zero-order valence-corrected chi connectivity index (χ0v) is 14.8. The highest BCUT2D eigenvalue weighted by molar-refractivity contribution is 7.91. The van der Waals surface area contributed by atoms with Gasteiger partial charge in [0.05, 0.1) is 23.9 Å². The molecule has 0 aromatic heterocycles. The molecule has 1 fully saturated rings. The Bertz CT molecular complexity index is 548. The lowest BCUT2D eigenvalue weighted by atomic mass is 10.0. The molecule has 4 nitrogen and oxygen atoms in total. The predicted molar refractivity (Wildman–Crippen MR) is 91.1 cm³/mol. The largest absolute Gasteiger partial charge is 0.348 e. The fraction of sp³-hybridized carbons (Fsp3) is 0.667. The van der Waals surface area contributed by atoms with Gasteiger partial charge < -0.3 is 9.47 Å². The molecule has 1 aromatic carbocycles. The van der Waals surface area contributed by atoms with Crippen LogP contribution in [0.3, 0.4) is 0 Å². The molecule has 1 heterocycles. The van der Waals surface area contributed by atoms with E-state index in [4.69, 9.17) is 9.47 Å². The number of hydrogen-bond donors (Lipinski definition) is 0. The Hall–Kier alpha value is -0.910. The van der Waals surface area contributed by atoms with E-state index in [9.17, 15) is 8.42 Å². The monoisotopic (exact) mass is 340 g/mol. The first kappa shape index (κ1) is 18.4. The second-order valence-electron chi connectivity index (χ2n) is 6.15. The summed E-state index contributed by atoms with van der Waals surface area (Å²) in [6.45, 7) is 3.47. The minimum Gasteiger partial charge on any atom is -0.348 e. The Balaban J connectivity index is 1.79. The highest BCUT2D eigenvalue weighted by Crippen LogP contribution is 2.31. The fourth-order valence-corrected chi connectivity index (χ4v) is 4.38. The Labute approximate surface area is 140 Å². The van der Waals surface area contributed by atoms with Crippen LogP contribution in [0.25, 0.3) is 0 Å². The first-order valence-electron chi connectivity index (χ1n) is 8.64. The number of rotatable bonds is 10. The third kappa shape index (κ3) is 5.59. The van der Waals surface area contributed by atoms with Crippen LogP contribution in [0.4, 0.5) is 0 Å². The maximum Gasteiger partial charge on any atom is 0.178 e. The third-order valence-corrected chi connectivity index (χ3v) is 6.11. The summed E-state index contributed by atoms with van der Waals surface area (Å²) in [6, 6.07) is 8.66. The van der Waals surface area contributed by atoms with Crippen molar-refractivity contribution in [2.45, 2.75) is 62.6 Å². The molecule has 130 valence electrons. The lowest BCUT2D eigenvalue weighted by Gasteiger charge is -2.27. The molecule has 23 heavy (non-hydrogen) atoms. The average molecular weight is 340 g/mol. The van der Waals surface area contributed by atoms with E-state index in [1.165, 1.54) is 12.8 Å². The normalized spacial score (nSPS) is 17.4. The second kappa shape index (κ2) is 8.81. The molecule has 0 N–H and O–H groups in total. The van der Waals surface area contributed by atoms with Crippen LogP contribution < -0.4 is 0 Å². The van der Waals surface area contributed by atoms with E-state index in [0.717, 1.165) is 25.7 Å². The quantitative estimate of drug-likeness (QED) is 0.605. The summed E-state index contributed by atoms with van der Waals surface area (Å²) in [5.41, 5.74) is 0. The van der Waals surface area contributed by atoms with E-state index in [1.54, 1.807) is 24.3 Å². The van der Waals surface area contributed by atoms with Crippen LogP contribution >= 0.6 is 0 Å². The van der Waals surface area contributed by atoms with Crippen LogP contribution in [0.2, 0.25) is 0 Å². The summed E-state index contributed by atoms with van der Waals surface area (Å²) in [5, 5.41) is 0. The Morgan fingerprint density at radius 3 is 2.17 bits per heavy atom. The molecule has 0 saturated carbocycles. The maximum atomic E-state index is 12.3. The topological polar surface area (TPSA) is 52.6 Å². The zero-order valence-electron chi connectivity index (χ0n) is 14.0. The van der Waals surface area contributed by atoms with Gasteiger partial charge in [0, 0.05) is 12.8 Å². The molecule has 0 atom stereocenters. The highest BCUT2D eigenvalue weighted by Gasteiger charge is 2.35. The molecule has 0 bridgehead atoms. The van der Waals surface area contributed by atoms with E-state index in [1.807, 2.05) is 6.07 Å². The molecule has 1 aliphatic rings. The summed E-state index contributed by atoms with van der Waals surface area (Å²) < 4.78 is 36.2. The third-order valence-electron chi connectivity index (χ3n) is 4.30. The molecule has 1 saturated heterocycles. The van der Waals surface area contributed by atoms with E-state index in [0.29, 0.717) is 24.5 Å². The van der Waals surface area contributed by atoms with Gasteiger partial charge in [-0.15, -0.1) is 0 Å². The van der Waals surface area contributed by atoms with Crippen molar-refractivity contribution in [2.75, 3.05) is 19.0 Å². The number of sulfone groups is 1. The van der Waals surface area contributed by atoms with Crippen LogP contribution in [-0.2, 0) is 19.3 Å². The molecule has 0 spiro atoms. The van der Waals surface area contributed by atoms with Crippen molar-refractivity contribution in [3.8, 4) is 0 Å². The van der Waals surface area contributed by atoms with Crippen molar-refractivity contribution in [1.29, 1.82) is 0 Å². The SMILES string of the molecule is CCCCCC1(CCCCS(=O)(=O)c2ccccc2)OCCO1. The smallest absolute Gasteiger partial charge is 0.178 e. The lowest BCUT2D eigenvalue weighted by molar-refractivity contribution is -0.168. The maximum absolute atomic E-state index is 12.3. The summed E-state index contributed by atoms with van der Waals surface area (Å²) in [6.07, 6.45) is 6.58. The zero-order chi connectivity index (χ0) is 16.6. The summed E-state index contributed by atoms with van der Waals surface area (Å²) in [4.78, 5) is 0.408. The number of benzene rings is 1. The first-order valence-corrected chi connectivity index (χ1v) is 10.3. The van der Waals surface area contributed by atoms with Gasteiger partial charge in [0.1, 0.15) is 0 Å². The molecule has 2 rings (SSSR count). The highest BCUT2D eigenvalue weighted by atomic mass is 32.2. The van der Waals surface area contributed by atoms with Gasteiger partial charge in [-0.3, -0.25) is 0 Å². The van der Waals surface area contributed by atoms with Crippen LogP contribution in [0.5, 0.6) is 0 Å². The minimum absolute atomic E-state index is 0.183.